The molecule has 4 N–H and O–H groups in total. The number of aromatic amines is 1. The quantitative estimate of drug-likeness (QED) is 0.489. The summed E-state index contributed by atoms with van der Waals surface area (Å²) >= 11 is 0. The average Bonchev–Trinajstić information content (AvgIpc) is 3.03. The van der Waals surface area contributed by atoms with Gasteiger partial charge in [-0.2, -0.15) is 18.3 Å². The molecule has 1 aromatic heterocycles. The molecule has 0 saturated carbocycles. The lowest BCUT2D eigenvalue weighted by molar-refractivity contribution is -0.119. The number of carbonyl (C=O) groups is 2. The van der Waals surface area contributed by atoms with Gasteiger partial charge in [0.15, 0.2) is 0 Å². The molecule has 1 heterocycles. The molecule has 0 aliphatic heterocycles. The summed E-state index contributed by atoms with van der Waals surface area (Å²) < 4.78 is 38.7. The number of H-pyrrole nitrogens is 1. The van der Waals surface area contributed by atoms with Crippen molar-refractivity contribution < 1.29 is 22.8 Å². The molecular formula is C25H23F3N4O2. The molecule has 0 atom stereocenters. The van der Waals surface area contributed by atoms with Crippen molar-refractivity contribution in [3.8, 4) is 0 Å². The largest absolute Gasteiger partial charge is 0.416 e. The molecule has 2 amide bonds. The SMILES string of the molecule is C=C/C=C\C(=C/Cc1[nH]nc2ccc(C(N)=O)cc12)NC(=O)CC1=CCC=C(C(F)(F)F)C=C1. The number of aromatic nitrogens is 2. The van der Waals surface area contributed by atoms with E-state index in [0.29, 0.717) is 28.8 Å². The minimum absolute atomic E-state index is 0.0797. The van der Waals surface area contributed by atoms with Gasteiger partial charge in [-0.15, -0.1) is 0 Å². The zero-order chi connectivity index (χ0) is 24.7. The minimum atomic E-state index is -4.43. The highest BCUT2D eigenvalue weighted by Crippen LogP contribution is 2.29. The molecule has 0 unspecified atom stereocenters. The lowest BCUT2D eigenvalue weighted by Crippen LogP contribution is -2.22. The Morgan fingerprint density at radius 3 is 2.74 bits per heavy atom. The maximum absolute atomic E-state index is 12.9. The molecule has 1 aliphatic carbocycles. The van der Waals surface area contributed by atoms with Crippen LogP contribution >= 0.6 is 0 Å². The minimum Gasteiger partial charge on any atom is -0.366 e. The Labute approximate surface area is 194 Å². The van der Waals surface area contributed by atoms with E-state index < -0.39 is 17.7 Å². The zero-order valence-corrected chi connectivity index (χ0v) is 18.2. The highest BCUT2D eigenvalue weighted by molar-refractivity contribution is 5.97. The molecule has 1 aromatic carbocycles. The molecule has 0 saturated heterocycles. The topological polar surface area (TPSA) is 101 Å². The molecule has 0 fully saturated rings. The van der Waals surface area contributed by atoms with Gasteiger partial charge < -0.3 is 11.1 Å². The fraction of sp³-hybridized carbons (Fsp3) is 0.160. The highest BCUT2D eigenvalue weighted by Gasteiger charge is 2.31. The number of hydrogen-bond acceptors (Lipinski definition) is 3. The van der Waals surface area contributed by atoms with Gasteiger partial charge >= 0.3 is 6.18 Å². The Morgan fingerprint density at radius 2 is 2.03 bits per heavy atom. The number of amides is 2. The number of carbonyl (C=O) groups excluding carboxylic acids is 2. The molecule has 176 valence electrons. The number of hydrogen-bond donors (Lipinski definition) is 3. The predicted octanol–water partition coefficient (Wildman–Crippen LogP) is 4.71. The van der Waals surface area contributed by atoms with Crippen LogP contribution in [0.15, 0.2) is 90.2 Å². The zero-order valence-electron chi connectivity index (χ0n) is 18.2. The van der Waals surface area contributed by atoms with Crippen molar-refractivity contribution in [2.45, 2.75) is 25.4 Å². The molecule has 3 rings (SSSR count). The molecule has 0 spiro atoms. The molecule has 9 heteroatoms. The van der Waals surface area contributed by atoms with Crippen LogP contribution in [0.25, 0.3) is 10.9 Å². The number of halogens is 3. The summed E-state index contributed by atoms with van der Waals surface area (Å²) in [5.74, 6) is -0.928. The van der Waals surface area contributed by atoms with Crippen LogP contribution in [0.4, 0.5) is 13.2 Å². The van der Waals surface area contributed by atoms with Gasteiger partial charge in [0.25, 0.3) is 0 Å². The summed E-state index contributed by atoms with van der Waals surface area (Å²) in [4.78, 5) is 24.1. The van der Waals surface area contributed by atoms with E-state index in [9.17, 15) is 22.8 Å². The van der Waals surface area contributed by atoms with Crippen LogP contribution in [0.1, 0.15) is 28.9 Å². The van der Waals surface area contributed by atoms with E-state index in [1.165, 1.54) is 6.08 Å². The molecule has 2 aromatic rings. The third kappa shape index (κ3) is 6.44. The van der Waals surface area contributed by atoms with Crippen LogP contribution in [-0.2, 0) is 11.2 Å². The normalized spacial score (nSPS) is 14.6. The van der Waals surface area contributed by atoms with E-state index >= 15 is 0 Å². The molecule has 0 bridgehead atoms. The second-order valence-corrected chi connectivity index (χ2v) is 7.49. The Morgan fingerprint density at radius 1 is 1.24 bits per heavy atom. The van der Waals surface area contributed by atoms with Gasteiger partial charge in [0.05, 0.1) is 17.5 Å². The first-order chi connectivity index (χ1) is 16.2. The number of nitrogens with two attached hydrogens (primary N) is 1. The number of fused-ring (bicyclic) bond motifs is 1. The first-order valence-corrected chi connectivity index (χ1v) is 10.4. The predicted molar refractivity (Wildman–Crippen MR) is 124 cm³/mol. The summed E-state index contributed by atoms with van der Waals surface area (Å²) in [6.07, 6.45) is 7.49. The van der Waals surface area contributed by atoms with Crippen molar-refractivity contribution in [2.75, 3.05) is 0 Å². The smallest absolute Gasteiger partial charge is 0.366 e. The summed E-state index contributed by atoms with van der Waals surface area (Å²) in [7, 11) is 0. The number of nitrogens with one attached hydrogen (secondary N) is 2. The maximum atomic E-state index is 12.9. The fourth-order valence-electron chi connectivity index (χ4n) is 3.32. The van der Waals surface area contributed by atoms with Crippen molar-refractivity contribution in [3.63, 3.8) is 0 Å². The van der Waals surface area contributed by atoms with Crippen LogP contribution in [0.3, 0.4) is 0 Å². The van der Waals surface area contributed by atoms with Crippen LogP contribution in [-0.4, -0.2) is 28.2 Å². The van der Waals surface area contributed by atoms with E-state index in [1.807, 2.05) is 0 Å². The molecule has 1 aliphatic rings. The number of benzene rings is 1. The lowest BCUT2D eigenvalue weighted by atomic mass is 10.1. The summed E-state index contributed by atoms with van der Waals surface area (Å²) in [5, 5.41) is 10.6. The van der Waals surface area contributed by atoms with Crippen molar-refractivity contribution in [1.82, 2.24) is 15.5 Å². The Kier molecular flexibility index (Phi) is 7.68. The van der Waals surface area contributed by atoms with Gasteiger partial charge in [0.2, 0.25) is 11.8 Å². The van der Waals surface area contributed by atoms with E-state index in [1.54, 1.807) is 48.6 Å². The number of alkyl halides is 3. The Balaban J connectivity index is 1.72. The van der Waals surface area contributed by atoms with E-state index in [-0.39, 0.29) is 18.7 Å². The van der Waals surface area contributed by atoms with Gasteiger partial charge in [-0.05, 0) is 36.3 Å². The van der Waals surface area contributed by atoms with E-state index in [0.717, 1.165) is 23.2 Å². The Bertz CT molecular complexity index is 1260. The van der Waals surface area contributed by atoms with E-state index in [4.69, 9.17) is 5.73 Å². The van der Waals surface area contributed by atoms with Crippen LogP contribution in [0, 0.1) is 0 Å². The van der Waals surface area contributed by atoms with Crippen molar-refractivity contribution in [2.24, 2.45) is 5.73 Å². The van der Waals surface area contributed by atoms with Gasteiger partial charge in [0, 0.05) is 28.8 Å². The first-order valence-electron chi connectivity index (χ1n) is 10.4. The van der Waals surface area contributed by atoms with Crippen LogP contribution in [0.2, 0.25) is 0 Å². The van der Waals surface area contributed by atoms with Crippen molar-refractivity contribution >= 4 is 22.7 Å². The van der Waals surface area contributed by atoms with Gasteiger partial charge in [-0.3, -0.25) is 14.7 Å². The van der Waals surface area contributed by atoms with E-state index in [2.05, 4.69) is 22.1 Å². The summed E-state index contributed by atoms with van der Waals surface area (Å²) in [5.41, 5.74) is 7.32. The van der Waals surface area contributed by atoms with Crippen LogP contribution < -0.4 is 11.1 Å². The number of nitrogens with zero attached hydrogens (tertiary/aromatic N) is 1. The van der Waals surface area contributed by atoms with Gasteiger partial charge in [0.1, 0.15) is 0 Å². The van der Waals surface area contributed by atoms with Crippen molar-refractivity contribution in [1.29, 1.82) is 0 Å². The summed E-state index contributed by atoms with van der Waals surface area (Å²) in [6.45, 7) is 3.62. The third-order valence-corrected chi connectivity index (χ3v) is 5.03. The number of rotatable bonds is 8. The second-order valence-electron chi connectivity index (χ2n) is 7.49. The first kappa shape index (κ1) is 24.5. The van der Waals surface area contributed by atoms with Gasteiger partial charge in [-0.1, -0.05) is 49.1 Å². The van der Waals surface area contributed by atoms with Gasteiger partial charge in [-0.25, -0.2) is 0 Å². The second kappa shape index (κ2) is 10.7. The summed E-state index contributed by atoms with van der Waals surface area (Å²) in [6, 6.07) is 4.93. The standard InChI is InChI=1S/C25H23F3N4O2/c1-2-3-7-19(11-13-22-20-15-17(24(29)34)9-12-21(20)31-32-22)30-23(33)14-16-5-4-6-18(10-8-16)25(26,27)28/h2-3,5-12,15H,1,4,13-14H2,(H2,29,34)(H,30,33)(H,31,32)/b7-3-,19-11+. The molecule has 0 radical (unpaired) electrons. The third-order valence-electron chi connectivity index (χ3n) is 5.03. The number of allylic oxidation sites excluding steroid dienone is 9. The monoisotopic (exact) mass is 468 g/mol. The average molecular weight is 468 g/mol. The number of primary amides is 1. The van der Waals surface area contributed by atoms with Crippen molar-refractivity contribution in [3.05, 3.63) is 101 Å². The van der Waals surface area contributed by atoms with Crippen LogP contribution in [0.5, 0.6) is 0 Å². The molecule has 6 nitrogen and oxygen atoms in total. The highest BCUT2D eigenvalue weighted by atomic mass is 19.4. The fourth-order valence-corrected chi connectivity index (χ4v) is 3.32. The lowest BCUT2D eigenvalue weighted by Gasteiger charge is -2.08. The molecular weight excluding hydrogens is 445 g/mol. The Hall–Kier alpha value is -4.14. The molecule has 34 heavy (non-hydrogen) atoms. The maximum Gasteiger partial charge on any atom is 0.416 e.